The lowest BCUT2D eigenvalue weighted by molar-refractivity contribution is -0.131. The summed E-state index contributed by atoms with van der Waals surface area (Å²) < 4.78 is 6.25. The molecular weight excluding hydrogens is 340 g/mol. The van der Waals surface area contributed by atoms with Gasteiger partial charge in [-0.1, -0.05) is 20.8 Å². The number of ketones is 2. The lowest BCUT2D eigenvalue weighted by Crippen LogP contribution is -2.44. The Bertz CT molecular complexity index is 667. The molecule has 1 N–H and O–H groups in total. The van der Waals surface area contributed by atoms with Crippen LogP contribution in [-0.2, 0) is 14.3 Å². The Hall–Kier alpha value is -1.00. The summed E-state index contributed by atoms with van der Waals surface area (Å²) in [6.07, 6.45) is 8.64. The highest BCUT2D eigenvalue weighted by molar-refractivity contribution is 5.92. The summed E-state index contributed by atoms with van der Waals surface area (Å²) in [5, 5.41) is 9.42. The molecule has 3 fully saturated rings. The molecule has 4 heteroatoms. The van der Waals surface area contributed by atoms with Crippen LogP contribution in [0.4, 0.5) is 0 Å². The van der Waals surface area contributed by atoms with Gasteiger partial charge in [-0.15, -0.1) is 0 Å². The number of ether oxygens (including phenoxy) is 1. The summed E-state index contributed by atoms with van der Waals surface area (Å²) in [7, 11) is 0. The van der Waals surface area contributed by atoms with E-state index >= 15 is 0 Å². The smallest absolute Gasteiger partial charge is 0.161 e. The molecule has 7 atom stereocenters. The molecule has 4 nitrogen and oxygen atoms in total. The molecule has 4 aliphatic rings. The summed E-state index contributed by atoms with van der Waals surface area (Å²) in [5.41, 5.74) is 1.26. The second-order valence-electron chi connectivity index (χ2n) is 10.2. The topological polar surface area (TPSA) is 63.6 Å². The predicted octanol–water partition coefficient (Wildman–Crippen LogP) is 3.71. The molecule has 1 heterocycles. The first kappa shape index (κ1) is 19.3. The van der Waals surface area contributed by atoms with Crippen LogP contribution in [-0.4, -0.2) is 36.0 Å². The van der Waals surface area contributed by atoms with Gasteiger partial charge in [0, 0.05) is 17.8 Å². The summed E-state index contributed by atoms with van der Waals surface area (Å²) in [5.74, 6) is 1.92. The Kier molecular flexibility index (Phi) is 4.87. The number of aliphatic hydroxyl groups is 1. The molecule has 7 unspecified atom stereocenters. The quantitative estimate of drug-likeness (QED) is 0.815. The lowest BCUT2D eigenvalue weighted by Gasteiger charge is -2.48. The Balaban J connectivity index is 1.57. The molecule has 0 bridgehead atoms. The highest BCUT2D eigenvalue weighted by Gasteiger charge is 2.56. The van der Waals surface area contributed by atoms with Gasteiger partial charge in [0.05, 0.1) is 12.7 Å². The fraction of sp³-hybridized carbons (Fsp3) is 0.826. The minimum absolute atomic E-state index is 0.00716. The molecule has 2 saturated carbocycles. The third-order valence-electron chi connectivity index (χ3n) is 8.71. The van der Waals surface area contributed by atoms with Gasteiger partial charge in [0.15, 0.2) is 11.6 Å². The number of carbonyl (C=O) groups excluding carboxylic acids is 2. The van der Waals surface area contributed by atoms with E-state index in [-0.39, 0.29) is 41.0 Å². The first-order valence-corrected chi connectivity index (χ1v) is 10.8. The predicted molar refractivity (Wildman–Crippen MR) is 103 cm³/mol. The zero-order chi connectivity index (χ0) is 19.4. The van der Waals surface area contributed by atoms with E-state index in [0.717, 1.165) is 45.1 Å². The van der Waals surface area contributed by atoms with E-state index in [4.69, 9.17) is 4.74 Å². The van der Waals surface area contributed by atoms with Crippen molar-refractivity contribution in [3.8, 4) is 0 Å². The highest BCUT2D eigenvalue weighted by atomic mass is 16.5. The molecule has 0 aromatic carbocycles. The molecule has 0 aromatic heterocycles. The van der Waals surface area contributed by atoms with Crippen LogP contribution in [0, 0.1) is 34.5 Å². The normalized spacial score (nSPS) is 46.7. The van der Waals surface area contributed by atoms with Gasteiger partial charge in [-0.2, -0.15) is 0 Å². The van der Waals surface area contributed by atoms with Crippen molar-refractivity contribution in [3.63, 3.8) is 0 Å². The van der Waals surface area contributed by atoms with Crippen molar-refractivity contribution in [2.24, 2.45) is 34.5 Å². The number of Topliss-reactive ketones (excluding diaryl/α,β-unsaturated/α-hetero) is 1. The van der Waals surface area contributed by atoms with Crippen LogP contribution in [0.3, 0.4) is 0 Å². The van der Waals surface area contributed by atoms with Crippen molar-refractivity contribution in [2.45, 2.75) is 71.8 Å². The first-order chi connectivity index (χ1) is 12.8. The van der Waals surface area contributed by atoms with E-state index in [1.165, 1.54) is 5.57 Å². The monoisotopic (exact) mass is 374 g/mol. The van der Waals surface area contributed by atoms with Crippen LogP contribution in [0.2, 0.25) is 0 Å². The van der Waals surface area contributed by atoms with E-state index in [2.05, 4.69) is 20.8 Å². The zero-order valence-corrected chi connectivity index (χ0v) is 17.0. The van der Waals surface area contributed by atoms with Crippen molar-refractivity contribution in [1.29, 1.82) is 0 Å². The Morgan fingerprint density at radius 1 is 1.26 bits per heavy atom. The van der Waals surface area contributed by atoms with E-state index < -0.39 is 0 Å². The molecule has 0 amide bonds. The van der Waals surface area contributed by atoms with Crippen molar-refractivity contribution in [1.82, 2.24) is 0 Å². The Morgan fingerprint density at radius 2 is 2.04 bits per heavy atom. The van der Waals surface area contributed by atoms with Crippen molar-refractivity contribution in [2.75, 3.05) is 13.2 Å². The maximum absolute atomic E-state index is 12.4. The van der Waals surface area contributed by atoms with Crippen molar-refractivity contribution in [3.05, 3.63) is 11.6 Å². The van der Waals surface area contributed by atoms with Gasteiger partial charge in [-0.3, -0.25) is 9.59 Å². The van der Waals surface area contributed by atoms with Crippen LogP contribution < -0.4 is 0 Å². The fourth-order valence-electron chi connectivity index (χ4n) is 6.93. The minimum Gasteiger partial charge on any atom is -0.389 e. The fourth-order valence-corrected chi connectivity index (χ4v) is 6.93. The number of hydrogen-bond acceptors (Lipinski definition) is 4. The minimum atomic E-state index is -0.327. The summed E-state index contributed by atoms with van der Waals surface area (Å²) in [4.78, 5) is 24.4. The molecule has 1 aliphatic heterocycles. The largest absolute Gasteiger partial charge is 0.389 e. The van der Waals surface area contributed by atoms with Gasteiger partial charge in [-0.25, -0.2) is 0 Å². The van der Waals surface area contributed by atoms with Crippen LogP contribution in [0.5, 0.6) is 0 Å². The number of aliphatic hydroxyl groups excluding tert-OH is 1. The SMILES string of the molecule is CC1CCC2(C)C(C(=O)CO)CCC2C1CC1OCC2(C)CCC(=O)C=C12. The standard InChI is InChI=1S/C23H34O4/c1-14-6-9-23(3)17(4-5-18(23)20(26)12-24)16(14)11-21-19-10-15(25)7-8-22(19,2)13-27-21/h10,14,16-18,21,24H,4-9,11-13H2,1-3H3. The van der Waals surface area contributed by atoms with E-state index in [1.807, 2.05) is 6.08 Å². The van der Waals surface area contributed by atoms with Gasteiger partial charge >= 0.3 is 0 Å². The maximum atomic E-state index is 12.4. The molecule has 1 saturated heterocycles. The third-order valence-corrected chi connectivity index (χ3v) is 8.71. The number of hydrogen-bond donors (Lipinski definition) is 1. The Labute approximate surface area is 162 Å². The number of allylic oxidation sites excluding steroid dienone is 1. The molecule has 27 heavy (non-hydrogen) atoms. The summed E-state index contributed by atoms with van der Waals surface area (Å²) >= 11 is 0. The van der Waals surface area contributed by atoms with E-state index in [0.29, 0.717) is 24.2 Å². The second kappa shape index (κ2) is 6.81. The maximum Gasteiger partial charge on any atom is 0.161 e. The van der Waals surface area contributed by atoms with Gasteiger partial charge in [0.1, 0.15) is 6.61 Å². The van der Waals surface area contributed by atoms with Crippen LogP contribution in [0.1, 0.15) is 65.7 Å². The zero-order valence-electron chi connectivity index (χ0n) is 17.0. The van der Waals surface area contributed by atoms with Gasteiger partial charge in [0.25, 0.3) is 0 Å². The molecule has 0 aromatic rings. The molecule has 3 aliphatic carbocycles. The van der Waals surface area contributed by atoms with Gasteiger partial charge in [0.2, 0.25) is 0 Å². The third kappa shape index (κ3) is 3.04. The summed E-state index contributed by atoms with van der Waals surface area (Å²) in [6, 6.07) is 0. The molecule has 4 rings (SSSR count). The van der Waals surface area contributed by atoms with Gasteiger partial charge in [-0.05, 0) is 73.3 Å². The molecular formula is C23H34O4. The number of rotatable bonds is 4. The molecule has 150 valence electrons. The van der Waals surface area contributed by atoms with Crippen LogP contribution in [0.25, 0.3) is 0 Å². The molecule has 0 radical (unpaired) electrons. The molecule has 0 spiro atoms. The number of fused-ring (bicyclic) bond motifs is 2. The summed E-state index contributed by atoms with van der Waals surface area (Å²) in [6.45, 7) is 7.27. The average Bonchev–Trinajstić information content (AvgIpc) is 3.15. The number of carbonyl (C=O) groups is 2. The first-order valence-electron chi connectivity index (χ1n) is 10.8. The lowest BCUT2D eigenvalue weighted by atomic mass is 9.56. The van der Waals surface area contributed by atoms with Crippen molar-refractivity contribution >= 4 is 11.6 Å². The second-order valence-corrected chi connectivity index (χ2v) is 10.2. The van der Waals surface area contributed by atoms with Crippen LogP contribution in [0.15, 0.2) is 11.6 Å². The highest BCUT2D eigenvalue weighted by Crippen LogP contribution is 2.60. The van der Waals surface area contributed by atoms with Crippen LogP contribution >= 0.6 is 0 Å². The van der Waals surface area contributed by atoms with Gasteiger partial charge < -0.3 is 9.84 Å². The van der Waals surface area contributed by atoms with Crippen molar-refractivity contribution < 1.29 is 19.4 Å². The Morgan fingerprint density at radius 3 is 2.78 bits per heavy atom. The van der Waals surface area contributed by atoms with E-state index in [1.54, 1.807) is 0 Å². The average molecular weight is 375 g/mol. The van der Waals surface area contributed by atoms with E-state index in [9.17, 15) is 14.7 Å².